The van der Waals surface area contributed by atoms with E-state index in [1.165, 1.54) is 6.26 Å². The monoisotopic (exact) mass is 232 g/mol. The molecule has 0 aliphatic rings. The fraction of sp³-hybridized carbons (Fsp3) is 0.375. The molecule has 66 valence electrons. The zero-order valence-corrected chi connectivity index (χ0v) is 8.26. The number of carbonyl (C=O) groups excluding carboxylic acids is 1. The van der Waals surface area contributed by atoms with Gasteiger partial charge in [-0.05, 0) is 6.07 Å². The van der Waals surface area contributed by atoms with Crippen molar-refractivity contribution in [2.45, 2.75) is 6.61 Å². The van der Waals surface area contributed by atoms with Crippen molar-refractivity contribution in [2.24, 2.45) is 0 Å². The van der Waals surface area contributed by atoms with Gasteiger partial charge in [-0.15, -0.1) is 0 Å². The van der Waals surface area contributed by atoms with Gasteiger partial charge in [0.25, 0.3) is 0 Å². The van der Waals surface area contributed by atoms with E-state index in [0.29, 0.717) is 12.4 Å². The van der Waals surface area contributed by atoms with Crippen LogP contribution in [-0.2, 0) is 11.3 Å². The number of ketones is 1. The Morgan fingerprint density at radius 3 is 3.08 bits per heavy atom. The van der Waals surface area contributed by atoms with Gasteiger partial charge in [-0.3, -0.25) is 4.79 Å². The molecular formula is C8H9BrO3. The number of hydrogen-bond acceptors (Lipinski definition) is 3. The van der Waals surface area contributed by atoms with Crippen molar-refractivity contribution in [3.8, 4) is 0 Å². The summed E-state index contributed by atoms with van der Waals surface area (Å²) in [6.07, 6.45) is 1.49. The number of halogens is 1. The van der Waals surface area contributed by atoms with Crippen LogP contribution in [0.2, 0.25) is 0 Å². The molecule has 4 heteroatoms. The first-order valence-electron chi connectivity index (χ1n) is 3.44. The molecule has 0 unspecified atom stereocenters. The summed E-state index contributed by atoms with van der Waals surface area (Å²) in [5.41, 5.74) is 0.793. The van der Waals surface area contributed by atoms with Crippen LogP contribution in [0.3, 0.4) is 0 Å². The largest absolute Gasteiger partial charge is 0.461 e. The van der Waals surface area contributed by atoms with Gasteiger partial charge in [0.15, 0.2) is 5.76 Å². The molecule has 0 fully saturated rings. The van der Waals surface area contributed by atoms with Crippen LogP contribution in [-0.4, -0.2) is 18.2 Å². The smallest absolute Gasteiger partial charge is 0.208 e. The first-order chi connectivity index (χ1) is 5.79. The Morgan fingerprint density at radius 1 is 1.75 bits per heavy atom. The maximum atomic E-state index is 11.2. The molecule has 0 N–H and O–H groups in total. The molecule has 12 heavy (non-hydrogen) atoms. The Morgan fingerprint density at radius 2 is 2.50 bits per heavy atom. The SMILES string of the molecule is COCc1ccoc1C(=O)CBr. The van der Waals surface area contributed by atoms with Gasteiger partial charge in [0.2, 0.25) is 5.78 Å². The van der Waals surface area contributed by atoms with Gasteiger partial charge in [-0.2, -0.15) is 0 Å². The molecule has 0 spiro atoms. The van der Waals surface area contributed by atoms with Crippen LogP contribution in [0, 0.1) is 0 Å². The van der Waals surface area contributed by atoms with Crippen molar-refractivity contribution < 1.29 is 13.9 Å². The predicted octanol–water partition coefficient (Wildman–Crippen LogP) is 2.00. The first-order valence-corrected chi connectivity index (χ1v) is 4.56. The molecule has 0 bridgehead atoms. The van der Waals surface area contributed by atoms with E-state index in [1.807, 2.05) is 0 Å². The molecule has 0 aromatic carbocycles. The third-order valence-corrected chi connectivity index (χ3v) is 1.93. The molecule has 0 atom stereocenters. The second-order valence-electron chi connectivity index (χ2n) is 2.26. The second-order valence-corrected chi connectivity index (χ2v) is 2.83. The lowest BCUT2D eigenvalue weighted by Crippen LogP contribution is -2.02. The lowest BCUT2D eigenvalue weighted by atomic mass is 10.2. The van der Waals surface area contributed by atoms with Gasteiger partial charge in [0.1, 0.15) is 0 Å². The number of Topliss-reactive ketones (excluding diaryl/α,β-unsaturated/α-hetero) is 1. The van der Waals surface area contributed by atoms with Crippen LogP contribution in [0.25, 0.3) is 0 Å². The molecule has 0 saturated carbocycles. The van der Waals surface area contributed by atoms with Crippen LogP contribution in [0.1, 0.15) is 16.1 Å². The van der Waals surface area contributed by atoms with Gasteiger partial charge in [-0.1, -0.05) is 15.9 Å². The fourth-order valence-electron chi connectivity index (χ4n) is 0.910. The highest BCUT2D eigenvalue weighted by molar-refractivity contribution is 9.09. The van der Waals surface area contributed by atoms with Crippen LogP contribution >= 0.6 is 15.9 Å². The highest BCUT2D eigenvalue weighted by atomic mass is 79.9. The Labute approximate surface area is 78.8 Å². The van der Waals surface area contributed by atoms with Gasteiger partial charge in [0, 0.05) is 12.7 Å². The van der Waals surface area contributed by atoms with Gasteiger partial charge in [-0.25, -0.2) is 0 Å². The van der Waals surface area contributed by atoms with Crippen molar-refractivity contribution in [1.29, 1.82) is 0 Å². The number of rotatable bonds is 4. The molecule has 1 rings (SSSR count). The van der Waals surface area contributed by atoms with Crippen molar-refractivity contribution >= 4 is 21.7 Å². The van der Waals surface area contributed by atoms with Crippen LogP contribution in [0.5, 0.6) is 0 Å². The normalized spacial score (nSPS) is 10.2. The molecule has 1 aromatic rings. The minimum absolute atomic E-state index is 0.0629. The zero-order valence-electron chi connectivity index (χ0n) is 6.67. The van der Waals surface area contributed by atoms with Crippen molar-refractivity contribution in [3.05, 3.63) is 23.7 Å². The lowest BCUT2D eigenvalue weighted by molar-refractivity contribution is 0.0987. The summed E-state index contributed by atoms with van der Waals surface area (Å²) in [5.74, 6) is 0.320. The van der Waals surface area contributed by atoms with Crippen LogP contribution in [0.15, 0.2) is 16.7 Å². The molecule has 0 aliphatic heterocycles. The summed E-state index contributed by atoms with van der Waals surface area (Å²) in [6, 6.07) is 1.74. The van der Waals surface area contributed by atoms with Crippen LogP contribution in [0.4, 0.5) is 0 Å². The quantitative estimate of drug-likeness (QED) is 0.589. The van der Waals surface area contributed by atoms with E-state index in [9.17, 15) is 4.79 Å². The summed E-state index contributed by atoms with van der Waals surface area (Å²) in [4.78, 5) is 11.2. The Kier molecular flexibility index (Phi) is 3.49. The Balaban J connectivity index is 2.83. The molecule has 0 saturated heterocycles. The van der Waals surface area contributed by atoms with Gasteiger partial charge >= 0.3 is 0 Å². The predicted molar refractivity (Wildman–Crippen MR) is 47.5 cm³/mol. The number of carbonyl (C=O) groups is 1. The van der Waals surface area contributed by atoms with E-state index in [-0.39, 0.29) is 11.1 Å². The van der Waals surface area contributed by atoms with E-state index in [1.54, 1.807) is 13.2 Å². The van der Waals surface area contributed by atoms with E-state index in [2.05, 4.69) is 15.9 Å². The van der Waals surface area contributed by atoms with E-state index >= 15 is 0 Å². The topological polar surface area (TPSA) is 39.4 Å². The molecule has 1 heterocycles. The third-order valence-electron chi connectivity index (χ3n) is 1.42. The molecule has 1 aromatic heterocycles. The maximum Gasteiger partial charge on any atom is 0.208 e. The molecule has 0 amide bonds. The summed E-state index contributed by atoms with van der Waals surface area (Å²) in [7, 11) is 1.58. The molecule has 0 aliphatic carbocycles. The second kappa shape index (κ2) is 4.42. The molecule has 0 radical (unpaired) electrons. The average Bonchev–Trinajstić information content (AvgIpc) is 2.52. The van der Waals surface area contributed by atoms with E-state index in [0.717, 1.165) is 5.56 Å². The highest BCUT2D eigenvalue weighted by Gasteiger charge is 2.13. The number of alkyl halides is 1. The molecular weight excluding hydrogens is 224 g/mol. The summed E-state index contributed by atoms with van der Waals surface area (Å²) >= 11 is 3.07. The van der Waals surface area contributed by atoms with Crippen molar-refractivity contribution in [2.75, 3.05) is 12.4 Å². The maximum absolute atomic E-state index is 11.2. The fourth-order valence-corrected chi connectivity index (χ4v) is 1.16. The number of ether oxygens (including phenoxy) is 1. The van der Waals surface area contributed by atoms with Crippen molar-refractivity contribution in [3.63, 3.8) is 0 Å². The molecule has 3 nitrogen and oxygen atoms in total. The third kappa shape index (κ3) is 1.95. The highest BCUT2D eigenvalue weighted by Crippen LogP contribution is 2.13. The average molecular weight is 233 g/mol. The number of methoxy groups -OCH3 is 1. The van der Waals surface area contributed by atoms with Crippen molar-refractivity contribution in [1.82, 2.24) is 0 Å². The Bertz CT molecular complexity index is 267. The summed E-state index contributed by atoms with van der Waals surface area (Å²) < 4.78 is 9.90. The Hall–Kier alpha value is -0.610. The zero-order chi connectivity index (χ0) is 8.97. The van der Waals surface area contributed by atoms with E-state index < -0.39 is 0 Å². The number of furan rings is 1. The van der Waals surface area contributed by atoms with Gasteiger partial charge < -0.3 is 9.15 Å². The standard InChI is InChI=1S/C8H9BrO3/c1-11-5-6-2-3-12-8(6)7(10)4-9/h2-3H,4-5H2,1H3. The minimum Gasteiger partial charge on any atom is -0.461 e. The van der Waals surface area contributed by atoms with Crippen LogP contribution < -0.4 is 0 Å². The minimum atomic E-state index is -0.0629. The van der Waals surface area contributed by atoms with E-state index in [4.69, 9.17) is 9.15 Å². The van der Waals surface area contributed by atoms with Gasteiger partial charge in [0.05, 0.1) is 18.2 Å². The summed E-state index contributed by atoms with van der Waals surface area (Å²) in [5, 5.41) is 0.275. The first kappa shape index (κ1) is 9.48. The lowest BCUT2D eigenvalue weighted by Gasteiger charge is -1.97. The number of hydrogen-bond donors (Lipinski definition) is 0. The summed E-state index contributed by atoms with van der Waals surface area (Å²) in [6.45, 7) is 0.407.